The van der Waals surface area contributed by atoms with Crippen molar-refractivity contribution >= 4 is 55.3 Å². The van der Waals surface area contributed by atoms with Gasteiger partial charge in [0.15, 0.2) is 8.32 Å². The first-order chi connectivity index (χ1) is 27.2. The molecule has 2 aromatic rings. The van der Waals surface area contributed by atoms with Crippen LogP contribution >= 0.6 is 11.8 Å². The van der Waals surface area contributed by atoms with Crippen LogP contribution < -0.4 is 0 Å². The number of non-ortho nitro benzene ring substituents is 2. The first kappa shape index (κ1) is 44.3. The average Bonchev–Trinajstić information content (AvgIpc) is 3.69. The lowest BCUT2D eigenvalue weighted by atomic mass is 9.79. The number of likely N-dealkylation sites (N-methyl/N-ethyl adjacent to an activating group) is 1. The molecule has 16 nitrogen and oxygen atoms in total. The van der Waals surface area contributed by atoms with Crippen LogP contribution in [0.4, 0.5) is 16.2 Å². The van der Waals surface area contributed by atoms with Crippen LogP contribution in [0.15, 0.2) is 59.1 Å². The van der Waals surface area contributed by atoms with Gasteiger partial charge in [-0.25, -0.2) is 9.59 Å². The number of nitrogens with zero attached hydrogens (tertiary/aromatic N) is 5. The van der Waals surface area contributed by atoms with Crippen LogP contribution in [0.2, 0.25) is 18.1 Å². The number of thioether (sulfide) groups is 1. The van der Waals surface area contributed by atoms with E-state index in [0.29, 0.717) is 29.1 Å². The molecule has 3 aliphatic rings. The van der Waals surface area contributed by atoms with Crippen LogP contribution in [0.5, 0.6) is 0 Å². The van der Waals surface area contributed by atoms with E-state index in [4.69, 9.17) is 13.9 Å². The molecule has 0 bridgehead atoms. The number of esters is 1. The van der Waals surface area contributed by atoms with E-state index in [0.717, 1.165) is 0 Å². The normalized spacial score (nSPS) is 22.3. The number of amides is 3. The van der Waals surface area contributed by atoms with E-state index in [1.54, 1.807) is 4.90 Å². The number of carbonyl (C=O) groups excluding carboxylic acids is 4. The summed E-state index contributed by atoms with van der Waals surface area (Å²) < 4.78 is 18.1. The highest BCUT2D eigenvalue weighted by atomic mass is 32.2. The van der Waals surface area contributed by atoms with E-state index in [1.165, 1.54) is 70.1 Å². The summed E-state index contributed by atoms with van der Waals surface area (Å²) in [5.74, 6) is -2.06. The van der Waals surface area contributed by atoms with Crippen molar-refractivity contribution in [1.82, 2.24) is 14.7 Å². The first-order valence-corrected chi connectivity index (χ1v) is 23.3. The fourth-order valence-corrected chi connectivity index (χ4v) is 10.4. The lowest BCUT2D eigenvalue weighted by molar-refractivity contribution is -0.385. The van der Waals surface area contributed by atoms with Gasteiger partial charge in [-0.05, 0) is 80.7 Å². The van der Waals surface area contributed by atoms with E-state index < -0.39 is 54.3 Å². The monoisotopic (exact) mass is 839 g/mol. The van der Waals surface area contributed by atoms with Crippen LogP contribution in [0, 0.1) is 32.1 Å². The minimum absolute atomic E-state index is 0.0974. The van der Waals surface area contributed by atoms with Crippen LogP contribution in [-0.2, 0) is 41.5 Å². The molecule has 2 saturated heterocycles. The molecule has 0 aromatic heterocycles. The van der Waals surface area contributed by atoms with E-state index in [-0.39, 0.29) is 71.3 Å². The zero-order valence-electron chi connectivity index (χ0n) is 34.5. The van der Waals surface area contributed by atoms with Gasteiger partial charge in [-0.2, -0.15) is 0 Å². The zero-order valence-corrected chi connectivity index (χ0v) is 36.3. The Morgan fingerprint density at radius 1 is 0.931 bits per heavy atom. The topological polar surface area (TPSA) is 192 Å². The Bertz CT molecular complexity index is 1950. The Kier molecular flexibility index (Phi) is 13.4. The number of benzene rings is 2. The number of carbonyl (C=O) groups is 4. The van der Waals surface area contributed by atoms with Crippen LogP contribution in [0.1, 0.15) is 66.0 Å². The third-order valence-corrected chi connectivity index (χ3v) is 17.8. The standard InChI is InChI=1S/C40H53N5O11SSi/c1-10-41(11-2)36(46)31-20-30(21-42(31)39(49)55-23-27-14-18-29(19-15-27)45(52)53)57-35-24(3)33-32(25(4)56-58(8,9)40(5,6)7)37(47)43(33)34(35)38(48)54-22-26-12-16-28(17-13-26)44(50)51/h12-19,24-25,30-33H,10-11,20-23H2,1-9H3/t24-,25-,30+,31+,32-,33-/m1/s1. The van der Waals surface area contributed by atoms with Crippen molar-refractivity contribution in [3.63, 3.8) is 0 Å². The van der Waals surface area contributed by atoms with Gasteiger partial charge >= 0.3 is 12.1 Å². The molecule has 0 N–H and O–H groups in total. The molecule has 0 radical (unpaired) electrons. The van der Waals surface area contributed by atoms with E-state index in [2.05, 4.69) is 33.9 Å². The molecular weight excluding hydrogens is 787 g/mol. The van der Waals surface area contributed by atoms with Crippen molar-refractivity contribution in [2.24, 2.45) is 11.8 Å². The molecule has 3 aliphatic heterocycles. The van der Waals surface area contributed by atoms with Crippen molar-refractivity contribution < 1.29 is 42.9 Å². The van der Waals surface area contributed by atoms with Gasteiger partial charge in [0.1, 0.15) is 25.0 Å². The number of likely N-dealkylation sites (tertiary alicyclic amines) is 1. The molecule has 3 heterocycles. The number of nitro groups is 2. The summed E-state index contributed by atoms with van der Waals surface area (Å²) in [5, 5.41) is 21.8. The Labute approximate surface area is 343 Å². The highest BCUT2D eigenvalue weighted by Crippen LogP contribution is 2.53. The van der Waals surface area contributed by atoms with E-state index in [1.807, 2.05) is 27.7 Å². The van der Waals surface area contributed by atoms with Crippen molar-refractivity contribution in [3.8, 4) is 0 Å². The van der Waals surface area contributed by atoms with Crippen molar-refractivity contribution in [3.05, 3.63) is 90.5 Å². The predicted molar refractivity (Wildman–Crippen MR) is 219 cm³/mol. The van der Waals surface area contributed by atoms with Crippen molar-refractivity contribution in [2.45, 2.75) is 110 Å². The number of β-lactam (4-membered cyclic amide) rings is 1. The van der Waals surface area contributed by atoms with Gasteiger partial charge in [0.05, 0.1) is 27.9 Å². The second-order valence-corrected chi connectivity index (χ2v) is 22.5. The second-order valence-electron chi connectivity index (χ2n) is 16.4. The molecular formula is C40H53N5O11SSi. The molecule has 314 valence electrons. The maximum absolute atomic E-state index is 14.1. The summed E-state index contributed by atoms with van der Waals surface area (Å²) in [4.78, 5) is 82.1. The lowest BCUT2D eigenvalue weighted by Gasteiger charge is -2.50. The molecule has 6 atom stereocenters. The number of fused-ring (bicyclic) bond motifs is 1. The fourth-order valence-electron chi connectivity index (χ4n) is 7.49. The van der Waals surface area contributed by atoms with Gasteiger partial charge in [-0.15, -0.1) is 11.8 Å². The highest BCUT2D eigenvalue weighted by Gasteiger charge is 2.62. The maximum Gasteiger partial charge on any atom is 0.410 e. The summed E-state index contributed by atoms with van der Waals surface area (Å²) in [7, 11) is -2.28. The number of ether oxygens (including phenoxy) is 2. The molecule has 0 unspecified atom stereocenters. The Morgan fingerprint density at radius 3 is 1.93 bits per heavy atom. The third-order valence-electron chi connectivity index (χ3n) is 11.8. The first-order valence-electron chi connectivity index (χ1n) is 19.5. The van der Waals surface area contributed by atoms with Crippen molar-refractivity contribution in [1.29, 1.82) is 0 Å². The summed E-state index contributed by atoms with van der Waals surface area (Å²) >= 11 is 1.35. The number of nitro benzene ring substituents is 2. The number of rotatable bonds is 15. The van der Waals surface area contributed by atoms with Crippen LogP contribution in [0.25, 0.3) is 0 Å². The highest BCUT2D eigenvalue weighted by molar-refractivity contribution is 8.03. The predicted octanol–water partition coefficient (Wildman–Crippen LogP) is 7.03. The molecule has 18 heteroatoms. The van der Waals surface area contributed by atoms with Crippen molar-refractivity contribution in [2.75, 3.05) is 19.6 Å². The second kappa shape index (κ2) is 17.6. The maximum atomic E-state index is 14.1. The smallest absolute Gasteiger partial charge is 0.410 e. The fraction of sp³-hybridized carbons (Fsp3) is 0.550. The molecule has 0 saturated carbocycles. The SMILES string of the molecule is CCN(CC)C(=O)[C@@H]1C[C@H](SC2=C(C(=O)OCc3ccc([N+](=O)[O-])cc3)N3C(=O)[C@H]([C@@H](C)O[Si](C)(C)C(C)(C)C)[C@H]3[C@H]2C)CN1C(=O)OCc1ccc([N+](=O)[O-])cc1. The van der Waals surface area contributed by atoms with Gasteiger partial charge in [0.2, 0.25) is 11.8 Å². The molecule has 3 amide bonds. The number of hydrogen-bond donors (Lipinski definition) is 0. The Balaban J connectivity index is 1.42. The van der Waals surface area contributed by atoms with Crippen LogP contribution in [-0.4, -0.2) is 99.8 Å². The summed E-state index contributed by atoms with van der Waals surface area (Å²) in [6.07, 6.45) is -0.901. The molecule has 2 aromatic carbocycles. The van der Waals surface area contributed by atoms with Gasteiger partial charge in [-0.3, -0.25) is 34.7 Å². The zero-order chi connectivity index (χ0) is 42.9. The summed E-state index contributed by atoms with van der Waals surface area (Å²) in [6, 6.07) is 10.0. The molecule has 0 spiro atoms. The van der Waals surface area contributed by atoms with E-state index >= 15 is 0 Å². The van der Waals surface area contributed by atoms with Gasteiger partial charge in [0, 0.05) is 60.0 Å². The van der Waals surface area contributed by atoms with Gasteiger partial charge in [-0.1, -0.05) is 27.7 Å². The lowest BCUT2D eigenvalue weighted by Crippen LogP contribution is -2.65. The largest absolute Gasteiger partial charge is 0.456 e. The van der Waals surface area contributed by atoms with Crippen LogP contribution in [0.3, 0.4) is 0 Å². The van der Waals surface area contributed by atoms with Gasteiger partial charge < -0.3 is 23.7 Å². The minimum atomic E-state index is -2.28. The summed E-state index contributed by atoms with van der Waals surface area (Å²) in [5.41, 5.74) is 0.967. The molecule has 5 rings (SSSR count). The minimum Gasteiger partial charge on any atom is -0.456 e. The molecule has 2 fully saturated rings. The molecule has 58 heavy (non-hydrogen) atoms. The Morgan fingerprint density at radius 2 is 1.45 bits per heavy atom. The number of hydrogen-bond acceptors (Lipinski definition) is 12. The quantitative estimate of drug-likeness (QED) is 0.0586. The summed E-state index contributed by atoms with van der Waals surface area (Å²) in [6.45, 7) is 18.8. The molecule has 0 aliphatic carbocycles. The average molecular weight is 840 g/mol. The third kappa shape index (κ3) is 9.08. The van der Waals surface area contributed by atoms with Gasteiger partial charge in [0.25, 0.3) is 11.4 Å². The van der Waals surface area contributed by atoms with E-state index in [9.17, 15) is 39.4 Å². The Hall–Kier alpha value is -4.81.